The molecule has 0 radical (unpaired) electrons. The first kappa shape index (κ1) is 10.8. The van der Waals surface area contributed by atoms with Gasteiger partial charge in [0.2, 0.25) is 0 Å². The van der Waals surface area contributed by atoms with E-state index in [1.54, 1.807) is 12.1 Å². The molecule has 0 aromatic heterocycles. The molecule has 0 bridgehead atoms. The van der Waals surface area contributed by atoms with Crippen molar-refractivity contribution in [3.05, 3.63) is 35.9 Å². The van der Waals surface area contributed by atoms with Crippen LogP contribution in [0, 0.1) is 24.2 Å². The van der Waals surface area contributed by atoms with Gasteiger partial charge in [-0.2, -0.15) is 0 Å². The fourth-order valence-electron chi connectivity index (χ4n) is 1.35. The van der Waals surface area contributed by atoms with Crippen molar-refractivity contribution in [1.29, 1.82) is 0 Å². The van der Waals surface area contributed by atoms with E-state index in [0.717, 1.165) is 0 Å². The Labute approximate surface area is 85.2 Å². The molecule has 3 atom stereocenters. The van der Waals surface area contributed by atoms with E-state index in [2.05, 4.69) is 5.92 Å². The van der Waals surface area contributed by atoms with E-state index in [0.29, 0.717) is 5.56 Å². The fourth-order valence-corrected chi connectivity index (χ4v) is 1.35. The van der Waals surface area contributed by atoms with E-state index < -0.39 is 6.17 Å². The lowest BCUT2D eigenvalue weighted by molar-refractivity contribution is 0.215. The minimum Gasteiger partial charge on any atom is -0.242 e. The Bertz CT molecular complexity index is 310. The van der Waals surface area contributed by atoms with Crippen LogP contribution in [0.1, 0.15) is 25.6 Å². The van der Waals surface area contributed by atoms with Crippen LogP contribution in [0.25, 0.3) is 0 Å². The first-order valence-electron chi connectivity index (χ1n) is 4.82. The Morgan fingerprint density at radius 2 is 1.79 bits per heavy atom. The summed E-state index contributed by atoms with van der Waals surface area (Å²) in [6, 6.07) is 9.16. The number of halogens is 1. The van der Waals surface area contributed by atoms with Gasteiger partial charge in [-0.3, -0.25) is 0 Å². The third kappa shape index (κ3) is 2.35. The topological polar surface area (TPSA) is 0 Å². The molecule has 0 N–H and O–H groups in total. The van der Waals surface area contributed by atoms with Gasteiger partial charge in [0.05, 0.1) is 0 Å². The zero-order valence-corrected chi connectivity index (χ0v) is 8.57. The van der Waals surface area contributed by atoms with Crippen LogP contribution in [0.2, 0.25) is 0 Å². The van der Waals surface area contributed by atoms with Gasteiger partial charge in [0.1, 0.15) is 6.17 Å². The molecule has 1 rings (SSSR count). The average molecular weight is 190 g/mol. The van der Waals surface area contributed by atoms with Crippen molar-refractivity contribution in [2.75, 3.05) is 0 Å². The molecular weight excluding hydrogens is 175 g/mol. The number of terminal acetylenes is 1. The SMILES string of the molecule is C#CC(C)C(C)C(F)c1ccccc1. The van der Waals surface area contributed by atoms with Crippen molar-refractivity contribution >= 4 is 0 Å². The molecule has 0 spiro atoms. The van der Waals surface area contributed by atoms with Gasteiger partial charge < -0.3 is 0 Å². The van der Waals surface area contributed by atoms with Gasteiger partial charge in [0.25, 0.3) is 0 Å². The third-order valence-electron chi connectivity index (χ3n) is 2.63. The lowest BCUT2D eigenvalue weighted by Crippen LogP contribution is -2.12. The molecule has 74 valence electrons. The highest BCUT2D eigenvalue weighted by molar-refractivity contribution is 5.18. The highest BCUT2D eigenvalue weighted by Crippen LogP contribution is 2.30. The zero-order chi connectivity index (χ0) is 10.6. The standard InChI is InChI=1S/C13H15F/c1-4-10(2)11(3)13(14)12-8-6-5-7-9-12/h1,5-11,13H,2-3H3. The molecule has 0 aliphatic heterocycles. The molecule has 0 fully saturated rings. The normalized spacial score (nSPS) is 16.7. The summed E-state index contributed by atoms with van der Waals surface area (Å²) in [5.41, 5.74) is 0.710. The molecule has 0 saturated heterocycles. The van der Waals surface area contributed by atoms with E-state index in [1.807, 2.05) is 32.0 Å². The molecule has 3 unspecified atom stereocenters. The largest absolute Gasteiger partial charge is 0.242 e. The van der Waals surface area contributed by atoms with Gasteiger partial charge >= 0.3 is 0 Å². The summed E-state index contributed by atoms with van der Waals surface area (Å²) in [4.78, 5) is 0. The fraction of sp³-hybridized carbons (Fsp3) is 0.385. The van der Waals surface area contributed by atoms with Gasteiger partial charge in [-0.25, -0.2) is 4.39 Å². The summed E-state index contributed by atoms with van der Waals surface area (Å²) in [6.07, 6.45) is 4.30. The first-order chi connectivity index (χ1) is 6.66. The second kappa shape index (κ2) is 4.81. The monoisotopic (exact) mass is 190 g/mol. The predicted molar refractivity (Wildman–Crippen MR) is 57.5 cm³/mol. The second-order valence-corrected chi connectivity index (χ2v) is 3.63. The Morgan fingerprint density at radius 3 is 2.29 bits per heavy atom. The summed E-state index contributed by atoms with van der Waals surface area (Å²) in [5, 5.41) is 0. The number of rotatable bonds is 3. The van der Waals surface area contributed by atoms with Crippen molar-refractivity contribution in [2.24, 2.45) is 11.8 Å². The predicted octanol–water partition coefficient (Wildman–Crippen LogP) is 3.60. The van der Waals surface area contributed by atoms with Crippen LogP contribution in [0.4, 0.5) is 4.39 Å². The Balaban J connectivity index is 2.76. The smallest absolute Gasteiger partial charge is 0.129 e. The molecule has 1 aromatic carbocycles. The lowest BCUT2D eigenvalue weighted by Gasteiger charge is -2.19. The molecular formula is C13H15F. The van der Waals surface area contributed by atoms with Crippen molar-refractivity contribution < 1.29 is 4.39 Å². The Hall–Kier alpha value is -1.29. The molecule has 14 heavy (non-hydrogen) atoms. The third-order valence-corrected chi connectivity index (χ3v) is 2.63. The molecule has 0 nitrogen and oxygen atoms in total. The van der Waals surface area contributed by atoms with E-state index in [4.69, 9.17) is 6.42 Å². The summed E-state index contributed by atoms with van der Waals surface area (Å²) in [5.74, 6) is 2.40. The van der Waals surface area contributed by atoms with E-state index in [9.17, 15) is 4.39 Å². The maximum Gasteiger partial charge on any atom is 0.129 e. The number of alkyl halides is 1. The zero-order valence-electron chi connectivity index (χ0n) is 8.57. The first-order valence-corrected chi connectivity index (χ1v) is 4.82. The van der Waals surface area contributed by atoms with Crippen molar-refractivity contribution in [2.45, 2.75) is 20.0 Å². The second-order valence-electron chi connectivity index (χ2n) is 3.63. The molecule has 0 aliphatic carbocycles. The summed E-state index contributed by atoms with van der Waals surface area (Å²) in [7, 11) is 0. The number of benzene rings is 1. The summed E-state index contributed by atoms with van der Waals surface area (Å²) < 4.78 is 13.9. The maximum absolute atomic E-state index is 13.9. The molecule has 1 aromatic rings. The van der Waals surface area contributed by atoms with Crippen molar-refractivity contribution in [3.63, 3.8) is 0 Å². The quantitative estimate of drug-likeness (QED) is 0.639. The Kier molecular flexibility index (Phi) is 3.71. The van der Waals surface area contributed by atoms with Crippen LogP contribution in [0.5, 0.6) is 0 Å². The van der Waals surface area contributed by atoms with Crippen molar-refractivity contribution in [1.82, 2.24) is 0 Å². The minimum atomic E-state index is -0.970. The van der Waals surface area contributed by atoms with Gasteiger partial charge in [-0.15, -0.1) is 12.3 Å². The molecule has 0 heterocycles. The van der Waals surface area contributed by atoms with Gasteiger partial charge in [0.15, 0.2) is 0 Å². The molecule has 1 heteroatoms. The van der Waals surface area contributed by atoms with E-state index >= 15 is 0 Å². The van der Waals surface area contributed by atoms with Crippen LogP contribution < -0.4 is 0 Å². The average Bonchev–Trinajstić information content (AvgIpc) is 2.27. The highest BCUT2D eigenvalue weighted by atomic mass is 19.1. The number of hydrogen-bond acceptors (Lipinski definition) is 0. The van der Waals surface area contributed by atoms with Gasteiger partial charge in [-0.1, -0.05) is 44.2 Å². The van der Waals surface area contributed by atoms with Crippen LogP contribution in [0.15, 0.2) is 30.3 Å². The molecule has 0 amide bonds. The lowest BCUT2D eigenvalue weighted by atomic mass is 9.88. The van der Waals surface area contributed by atoms with Crippen LogP contribution in [-0.4, -0.2) is 0 Å². The summed E-state index contributed by atoms with van der Waals surface area (Å²) in [6.45, 7) is 3.72. The van der Waals surface area contributed by atoms with Crippen LogP contribution >= 0.6 is 0 Å². The highest BCUT2D eigenvalue weighted by Gasteiger charge is 2.22. The Morgan fingerprint density at radius 1 is 1.21 bits per heavy atom. The van der Waals surface area contributed by atoms with Gasteiger partial charge in [0, 0.05) is 11.8 Å². The minimum absolute atomic E-state index is 0.0368. The molecule has 0 saturated carbocycles. The maximum atomic E-state index is 13.9. The van der Waals surface area contributed by atoms with E-state index in [-0.39, 0.29) is 11.8 Å². The van der Waals surface area contributed by atoms with Gasteiger partial charge in [-0.05, 0) is 5.56 Å². The van der Waals surface area contributed by atoms with Crippen LogP contribution in [-0.2, 0) is 0 Å². The van der Waals surface area contributed by atoms with Crippen molar-refractivity contribution in [3.8, 4) is 12.3 Å². The van der Waals surface area contributed by atoms with Crippen LogP contribution in [0.3, 0.4) is 0 Å². The van der Waals surface area contributed by atoms with E-state index in [1.165, 1.54) is 0 Å². The molecule has 0 aliphatic rings. The number of hydrogen-bond donors (Lipinski definition) is 0. The summed E-state index contributed by atoms with van der Waals surface area (Å²) >= 11 is 0.